The van der Waals surface area contributed by atoms with Crippen LogP contribution in [0.3, 0.4) is 0 Å². The number of carbonyl (C=O) groups excluding carboxylic acids is 3. The van der Waals surface area contributed by atoms with Crippen molar-refractivity contribution >= 4 is 18.9 Å². The fraction of sp³-hybridized carbons (Fsp3) is 0.800. The van der Waals surface area contributed by atoms with Gasteiger partial charge in [-0.1, -0.05) is 0 Å². The Hall–Kier alpha value is -1.15. The molecule has 0 radical (unpaired) electrons. The van der Waals surface area contributed by atoms with Gasteiger partial charge < -0.3 is 28.6 Å². The minimum absolute atomic E-state index is 0.270. The van der Waals surface area contributed by atoms with Crippen molar-refractivity contribution in [3.8, 4) is 0 Å². The third-order valence-corrected chi connectivity index (χ3v) is 2.91. The number of carbonyl (C=O) groups is 3. The summed E-state index contributed by atoms with van der Waals surface area (Å²) >= 11 is 0. The van der Waals surface area contributed by atoms with Crippen LogP contribution < -0.4 is 0 Å². The van der Waals surface area contributed by atoms with Gasteiger partial charge in [0.2, 0.25) is 0 Å². The van der Waals surface area contributed by atoms with Crippen molar-refractivity contribution < 1.29 is 28.6 Å². The van der Waals surface area contributed by atoms with Crippen molar-refractivity contribution in [3.05, 3.63) is 0 Å². The molecule has 0 aromatic carbocycles. The third-order valence-electron chi connectivity index (χ3n) is 2.91. The zero-order valence-electron chi connectivity index (χ0n) is 13.6. The van der Waals surface area contributed by atoms with Gasteiger partial charge in [0.25, 0.3) is 0 Å². The zero-order valence-corrected chi connectivity index (χ0v) is 13.6. The minimum atomic E-state index is -0.618. The predicted molar refractivity (Wildman–Crippen MR) is 80.9 cm³/mol. The van der Waals surface area contributed by atoms with E-state index in [0.717, 1.165) is 0 Å². The van der Waals surface area contributed by atoms with Gasteiger partial charge >= 0.3 is 0 Å². The predicted octanol–water partition coefficient (Wildman–Crippen LogP) is 0.100. The zero-order chi connectivity index (χ0) is 16.8. The van der Waals surface area contributed by atoms with Crippen LogP contribution >= 0.6 is 0 Å². The molecule has 3 atom stereocenters. The summed E-state index contributed by atoms with van der Waals surface area (Å²) in [4.78, 5) is 34.9. The fourth-order valence-corrected chi connectivity index (χ4v) is 2.03. The lowest BCUT2D eigenvalue weighted by molar-refractivity contribution is -0.124. The molecule has 0 bridgehead atoms. The van der Waals surface area contributed by atoms with Crippen LogP contribution in [0, 0.1) is 0 Å². The van der Waals surface area contributed by atoms with Crippen LogP contribution in [0.15, 0.2) is 0 Å². The highest BCUT2D eigenvalue weighted by Crippen LogP contribution is 2.03. The molecule has 128 valence electrons. The number of ether oxygens (including phenoxy) is 3. The maximum Gasteiger partial charge on any atom is 0.150 e. The Kier molecular flexibility index (Phi) is 12.8. The topological polar surface area (TPSA) is 82.1 Å². The molecule has 0 aromatic heterocycles. The Labute approximate surface area is 131 Å². The Balaban J connectivity index is 4.81. The van der Waals surface area contributed by atoms with E-state index in [4.69, 9.17) is 14.2 Å². The molecular weight excluding hydrogens is 290 g/mol. The van der Waals surface area contributed by atoms with E-state index in [0.29, 0.717) is 38.7 Å². The number of rotatable bonds is 15. The molecule has 7 heteroatoms. The molecule has 7 nitrogen and oxygen atoms in total. The summed E-state index contributed by atoms with van der Waals surface area (Å²) in [6.45, 7) is 7.41. The normalized spacial score (nSPS) is 15.3. The highest BCUT2D eigenvalue weighted by molar-refractivity contribution is 5.58. The average Bonchev–Trinajstić information content (AvgIpc) is 2.53. The summed E-state index contributed by atoms with van der Waals surface area (Å²) in [5.74, 6) is 0. The first-order valence-corrected chi connectivity index (χ1v) is 7.57. The van der Waals surface area contributed by atoms with Gasteiger partial charge in [-0.25, -0.2) is 0 Å². The first-order valence-electron chi connectivity index (χ1n) is 7.57. The standard InChI is InChI=1S/C15H27NO6/c1-4-20-13(10-17)7-16(8-14(11-18)21-5-2)9-15(12-19)22-6-3/h10-15H,4-9H2,1-3H3. The number of aldehydes is 3. The Morgan fingerprint density at radius 1 is 0.682 bits per heavy atom. The van der Waals surface area contributed by atoms with Gasteiger partial charge in [-0.3, -0.25) is 4.90 Å². The lowest BCUT2D eigenvalue weighted by Gasteiger charge is -2.28. The van der Waals surface area contributed by atoms with Crippen LogP contribution in [-0.2, 0) is 28.6 Å². The van der Waals surface area contributed by atoms with Gasteiger partial charge in [-0.05, 0) is 20.8 Å². The van der Waals surface area contributed by atoms with E-state index in [2.05, 4.69) is 0 Å². The van der Waals surface area contributed by atoms with Gasteiger partial charge in [0, 0.05) is 39.5 Å². The fourth-order valence-electron chi connectivity index (χ4n) is 2.03. The SMILES string of the molecule is CCOC(C=O)CN(CC(C=O)OCC)CC(C=O)OCC. The van der Waals surface area contributed by atoms with E-state index in [-0.39, 0.29) is 19.6 Å². The molecule has 0 aliphatic carbocycles. The van der Waals surface area contributed by atoms with Gasteiger partial charge in [0.15, 0.2) is 0 Å². The lowest BCUT2D eigenvalue weighted by atomic mass is 10.2. The van der Waals surface area contributed by atoms with E-state index < -0.39 is 18.3 Å². The third kappa shape index (κ3) is 8.99. The first-order chi connectivity index (χ1) is 10.6. The Bertz CT molecular complexity index is 265. The molecule has 0 aliphatic rings. The number of hydrogen-bond donors (Lipinski definition) is 0. The van der Waals surface area contributed by atoms with Crippen molar-refractivity contribution in [3.63, 3.8) is 0 Å². The van der Waals surface area contributed by atoms with Crippen LogP contribution in [0.4, 0.5) is 0 Å². The number of nitrogens with zero attached hydrogens (tertiary/aromatic N) is 1. The molecule has 0 heterocycles. The lowest BCUT2D eigenvalue weighted by Crippen LogP contribution is -2.45. The van der Waals surface area contributed by atoms with Gasteiger partial charge in [-0.15, -0.1) is 0 Å². The molecule has 0 fully saturated rings. The molecule has 0 amide bonds. The van der Waals surface area contributed by atoms with E-state index >= 15 is 0 Å². The van der Waals surface area contributed by atoms with Crippen molar-refractivity contribution in [2.24, 2.45) is 0 Å². The molecule has 0 saturated heterocycles. The molecule has 0 saturated carbocycles. The summed E-state index contributed by atoms with van der Waals surface area (Å²) in [5.41, 5.74) is 0. The maximum absolute atomic E-state index is 11.0. The highest BCUT2D eigenvalue weighted by Gasteiger charge is 2.21. The average molecular weight is 317 g/mol. The van der Waals surface area contributed by atoms with Crippen LogP contribution in [0.1, 0.15) is 20.8 Å². The molecule has 0 aromatic rings. The second kappa shape index (κ2) is 13.5. The monoisotopic (exact) mass is 317 g/mol. The van der Waals surface area contributed by atoms with E-state index in [1.54, 1.807) is 25.7 Å². The van der Waals surface area contributed by atoms with E-state index in [9.17, 15) is 14.4 Å². The Morgan fingerprint density at radius 2 is 0.955 bits per heavy atom. The summed E-state index contributed by atoms with van der Waals surface area (Å²) in [6.07, 6.45) is 0.283. The van der Waals surface area contributed by atoms with Crippen LogP contribution in [0.2, 0.25) is 0 Å². The van der Waals surface area contributed by atoms with Crippen molar-refractivity contribution in [2.45, 2.75) is 39.1 Å². The minimum Gasteiger partial charge on any atom is -0.370 e. The summed E-state index contributed by atoms with van der Waals surface area (Å²) in [7, 11) is 0. The van der Waals surface area contributed by atoms with Crippen LogP contribution in [0.25, 0.3) is 0 Å². The molecule has 0 spiro atoms. The molecule has 0 N–H and O–H groups in total. The van der Waals surface area contributed by atoms with Gasteiger partial charge in [0.05, 0.1) is 0 Å². The van der Waals surface area contributed by atoms with E-state index in [1.165, 1.54) is 0 Å². The second-order valence-electron chi connectivity index (χ2n) is 4.61. The first kappa shape index (κ1) is 20.9. The molecule has 0 rings (SSSR count). The highest BCUT2D eigenvalue weighted by atomic mass is 16.5. The van der Waals surface area contributed by atoms with Crippen molar-refractivity contribution in [1.82, 2.24) is 4.90 Å². The second-order valence-corrected chi connectivity index (χ2v) is 4.61. The van der Waals surface area contributed by atoms with Crippen LogP contribution in [-0.4, -0.2) is 81.5 Å². The molecule has 22 heavy (non-hydrogen) atoms. The largest absolute Gasteiger partial charge is 0.370 e. The van der Waals surface area contributed by atoms with Crippen molar-refractivity contribution in [2.75, 3.05) is 39.5 Å². The van der Waals surface area contributed by atoms with Crippen molar-refractivity contribution in [1.29, 1.82) is 0 Å². The van der Waals surface area contributed by atoms with Gasteiger partial charge in [-0.2, -0.15) is 0 Å². The summed E-state index contributed by atoms with van der Waals surface area (Å²) in [5, 5.41) is 0. The van der Waals surface area contributed by atoms with Gasteiger partial charge in [0.1, 0.15) is 37.2 Å². The maximum atomic E-state index is 11.0. The summed E-state index contributed by atoms with van der Waals surface area (Å²) in [6, 6.07) is 0. The number of hydrogen-bond acceptors (Lipinski definition) is 7. The Morgan fingerprint density at radius 3 is 1.14 bits per heavy atom. The molecular formula is C15H27NO6. The molecule has 0 aliphatic heterocycles. The summed E-state index contributed by atoms with van der Waals surface area (Å²) < 4.78 is 15.9. The smallest absolute Gasteiger partial charge is 0.150 e. The quantitative estimate of drug-likeness (QED) is 0.396. The molecule has 3 unspecified atom stereocenters. The van der Waals surface area contributed by atoms with E-state index in [1.807, 2.05) is 0 Å². The van der Waals surface area contributed by atoms with Crippen LogP contribution in [0.5, 0.6) is 0 Å².